The number of hydrogen-bond donors (Lipinski definition) is 1. The average molecular weight is 402 g/mol. The summed E-state index contributed by atoms with van der Waals surface area (Å²) < 4.78 is 6.09. The van der Waals surface area contributed by atoms with Crippen LogP contribution in [0.2, 0.25) is 0 Å². The Bertz CT molecular complexity index is 961. The van der Waals surface area contributed by atoms with Crippen molar-refractivity contribution < 1.29 is 9.84 Å². The van der Waals surface area contributed by atoms with Crippen LogP contribution in [-0.2, 0) is 26.1 Å². The molecule has 0 fully saturated rings. The Balaban J connectivity index is 1.36. The van der Waals surface area contributed by atoms with Crippen LogP contribution in [0, 0.1) is 5.92 Å². The van der Waals surface area contributed by atoms with Gasteiger partial charge in [-0.2, -0.15) is 0 Å². The second kappa shape index (κ2) is 9.46. The number of fused-ring (bicyclic) bond motifs is 1. The topological polar surface area (TPSA) is 32.7 Å². The van der Waals surface area contributed by atoms with Crippen LogP contribution in [0.4, 0.5) is 0 Å². The highest BCUT2D eigenvalue weighted by Gasteiger charge is 2.19. The monoisotopic (exact) mass is 401 g/mol. The smallest absolute Gasteiger partial charge is 0.120 e. The molecule has 1 aliphatic rings. The van der Waals surface area contributed by atoms with Crippen LogP contribution in [0.3, 0.4) is 0 Å². The Morgan fingerprint density at radius 2 is 1.53 bits per heavy atom. The number of aliphatic hydroxyl groups is 1. The number of nitrogens with zero attached hydrogens (tertiary/aromatic N) is 1. The van der Waals surface area contributed by atoms with Crippen molar-refractivity contribution in [3.8, 4) is 16.9 Å². The van der Waals surface area contributed by atoms with E-state index in [0.29, 0.717) is 6.61 Å². The lowest BCUT2D eigenvalue weighted by Gasteiger charge is -2.27. The maximum absolute atomic E-state index is 9.18. The molecule has 1 unspecified atom stereocenters. The third-order valence-electron chi connectivity index (χ3n) is 5.96. The van der Waals surface area contributed by atoms with E-state index < -0.39 is 0 Å². The lowest BCUT2D eigenvalue weighted by atomic mass is 9.83. The maximum atomic E-state index is 9.18. The van der Waals surface area contributed by atoms with Gasteiger partial charge >= 0.3 is 0 Å². The van der Waals surface area contributed by atoms with Crippen molar-refractivity contribution in [2.24, 2.45) is 5.92 Å². The van der Waals surface area contributed by atoms with Crippen molar-refractivity contribution in [2.45, 2.75) is 32.5 Å². The summed E-state index contributed by atoms with van der Waals surface area (Å²) in [6.07, 6.45) is 3.58. The van der Waals surface area contributed by atoms with E-state index in [1.807, 2.05) is 24.3 Å². The molecule has 1 aliphatic carbocycles. The van der Waals surface area contributed by atoms with E-state index in [4.69, 9.17) is 4.74 Å². The van der Waals surface area contributed by atoms with Gasteiger partial charge in [0.25, 0.3) is 0 Å². The van der Waals surface area contributed by atoms with Crippen LogP contribution >= 0.6 is 0 Å². The number of aryl methyl sites for hydroxylation is 1. The van der Waals surface area contributed by atoms with Crippen molar-refractivity contribution in [3.05, 3.63) is 89.0 Å². The van der Waals surface area contributed by atoms with E-state index in [0.717, 1.165) is 34.8 Å². The van der Waals surface area contributed by atoms with Crippen LogP contribution in [0.1, 0.15) is 28.7 Å². The molecule has 1 N–H and O–H groups in total. The fourth-order valence-corrected chi connectivity index (χ4v) is 4.33. The summed E-state index contributed by atoms with van der Waals surface area (Å²) in [7, 11) is 4.32. The highest BCUT2D eigenvalue weighted by molar-refractivity contribution is 5.63. The van der Waals surface area contributed by atoms with Gasteiger partial charge in [0, 0.05) is 6.54 Å². The molecule has 3 nitrogen and oxygen atoms in total. The van der Waals surface area contributed by atoms with Gasteiger partial charge in [-0.25, -0.2) is 0 Å². The van der Waals surface area contributed by atoms with Crippen molar-refractivity contribution in [1.82, 2.24) is 4.90 Å². The summed E-state index contributed by atoms with van der Waals surface area (Å²) in [6, 6.07) is 23.1. The third kappa shape index (κ3) is 5.10. The fourth-order valence-electron chi connectivity index (χ4n) is 4.33. The Labute approximate surface area is 179 Å². The molecule has 0 amide bonds. The molecule has 1 atom stereocenters. The molecule has 4 rings (SSSR count). The van der Waals surface area contributed by atoms with Crippen LogP contribution in [0.5, 0.6) is 5.75 Å². The van der Waals surface area contributed by atoms with Crippen molar-refractivity contribution >= 4 is 0 Å². The Kier molecular flexibility index (Phi) is 6.51. The molecule has 0 spiro atoms. The molecular weight excluding hydrogens is 370 g/mol. The lowest BCUT2D eigenvalue weighted by Crippen LogP contribution is -2.26. The number of ether oxygens (including phenoxy) is 1. The number of benzene rings is 3. The molecule has 3 aromatic rings. The van der Waals surface area contributed by atoms with E-state index in [2.05, 4.69) is 61.5 Å². The first kappa shape index (κ1) is 20.6. The molecule has 0 aliphatic heterocycles. The van der Waals surface area contributed by atoms with Crippen molar-refractivity contribution in [2.75, 3.05) is 20.6 Å². The molecule has 0 bridgehead atoms. The number of aliphatic hydroxyl groups excluding tert-OH is 1. The normalized spacial score (nSPS) is 15.8. The summed E-state index contributed by atoms with van der Waals surface area (Å²) in [6.45, 7) is 1.82. The van der Waals surface area contributed by atoms with Crippen LogP contribution in [0.25, 0.3) is 11.1 Å². The Morgan fingerprint density at radius 1 is 0.867 bits per heavy atom. The van der Waals surface area contributed by atoms with Crippen LogP contribution in [-0.4, -0.2) is 30.6 Å². The Hall–Kier alpha value is -2.62. The second-order valence-corrected chi connectivity index (χ2v) is 8.64. The largest absolute Gasteiger partial charge is 0.489 e. The zero-order valence-corrected chi connectivity index (χ0v) is 18.0. The summed E-state index contributed by atoms with van der Waals surface area (Å²) in [5.74, 6) is 1.72. The SMILES string of the molecule is CN(C)CC1CCc2cc(OCc3ccc(-c4ccc(CO)cc4)cc3)ccc2C1. The summed E-state index contributed by atoms with van der Waals surface area (Å²) in [5, 5.41) is 9.18. The minimum atomic E-state index is 0.0793. The summed E-state index contributed by atoms with van der Waals surface area (Å²) in [4.78, 5) is 2.29. The first-order valence-corrected chi connectivity index (χ1v) is 10.8. The van der Waals surface area contributed by atoms with Crippen LogP contribution < -0.4 is 4.74 Å². The minimum absolute atomic E-state index is 0.0793. The zero-order chi connectivity index (χ0) is 20.9. The molecule has 156 valence electrons. The van der Waals surface area contributed by atoms with Gasteiger partial charge in [-0.1, -0.05) is 54.6 Å². The molecule has 0 saturated carbocycles. The van der Waals surface area contributed by atoms with Gasteiger partial charge in [0.2, 0.25) is 0 Å². The standard InChI is InChI=1S/C27H31NO2/c1-28(2)17-22-7-12-26-16-27(14-13-25(26)15-22)30-19-21-5-10-24(11-6-21)23-8-3-20(18-29)4-9-23/h3-6,8-11,13-14,16,22,29H,7,12,15,17-19H2,1-2H3. The van der Waals surface area contributed by atoms with Gasteiger partial charge in [0.15, 0.2) is 0 Å². The van der Waals surface area contributed by atoms with E-state index >= 15 is 0 Å². The fraction of sp³-hybridized carbons (Fsp3) is 0.333. The number of rotatable bonds is 7. The van der Waals surface area contributed by atoms with Gasteiger partial charge in [-0.15, -0.1) is 0 Å². The zero-order valence-electron chi connectivity index (χ0n) is 18.0. The molecule has 0 saturated heterocycles. The van der Waals surface area contributed by atoms with Gasteiger partial charge in [-0.05, 0) is 84.8 Å². The van der Waals surface area contributed by atoms with E-state index in [9.17, 15) is 5.11 Å². The quantitative estimate of drug-likeness (QED) is 0.598. The first-order valence-electron chi connectivity index (χ1n) is 10.8. The summed E-state index contributed by atoms with van der Waals surface area (Å²) in [5.41, 5.74) is 7.35. The second-order valence-electron chi connectivity index (χ2n) is 8.64. The van der Waals surface area contributed by atoms with Gasteiger partial charge in [0.1, 0.15) is 12.4 Å². The lowest BCUT2D eigenvalue weighted by molar-refractivity contribution is 0.282. The molecule has 0 radical (unpaired) electrons. The summed E-state index contributed by atoms with van der Waals surface area (Å²) >= 11 is 0. The predicted octanol–water partition coefficient (Wildman–Crippen LogP) is 5.09. The molecule has 30 heavy (non-hydrogen) atoms. The van der Waals surface area contributed by atoms with Crippen molar-refractivity contribution in [1.29, 1.82) is 0 Å². The highest BCUT2D eigenvalue weighted by Crippen LogP contribution is 2.29. The predicted molar refractivity (Wildman–Crippen MR) is 123 cm³/mol. The third-order valence-corrected chi connectivity index (χ3v) is 5.96. The van der Waals surface area contributed by atoms with Gasteiger partial charge in [-0.3, -0.25) is 0 Å². The molecule has 0 heterocycles. The molecule has 3 heteroatoms. The number of hydrogen-bond acceptors (Lipinski definition) is 3. The van der Waals surface area contributed by atoms with E-state index in [1.54, 1.807) is 0 Å². The maximum Gasteiger partial charge on any atom is 0.120 e. The minimum Gasteiger partial charge on any atom is -0.489 e. The van der Waals surface area contributed by atoms with Gasteiger partial charge < -0.3 is 14.7 Å². The van der Waals surface area contributed by atoms with E-state index in [-0.39, 0.29) is 6.61 Å². The highest BCUT2D eigenvalue weighted by atomic mass is 16.5. The average Bonchev–Trinajstić information content (AvgIpc) is 2.77. The van der Waals surface area contributed by atoms with Gasteiger partial charge in [0.05, 0.1) is 6.61 Å². The van der Waals surface area contributed by atoms with Crippen LogP contribution in [0.15, 0.2) is 66.7 Å². The molecular formula is C27H31NO2. The van der Waals surface area contributed by atoms with E-state index in [1.165, 1.54) is 36.1 Å². The molecule has 0 aromatic heterocycles. The van der Waals surface area contributed by atoms with Crippen molar-refractivity contribution in [3.63, 3.8) is 0 Å². The molecule has 3 aromatic carbocycles. The Morgan fingerprint density at radius 3 is 2.17 bits per heavy atom. The first-order chi connectivity index (χ1) is 14.6.